The molecule has 4 nitrogen and oxygen atoms in total. The van der Waals surface area contributed by atoms with Crippen molar-refractivity contribution < 1.29 is 19.7 Å². The maximum Gasteiger partial charge on any atom is 0.0632 e. The molecule has 0 amide bonds. The number of rotatable bonds is 8. The summed E-state index contributed by atoms with van der Waals surface area (Å²) in [5.74, 6) is 1.09. The van der Waals surface area contributed by atoms with E-state index in [4.69, 9.17) is 9.47 Å². The highest BCUT2D eigenvalue weighted by atomic mass is 16.5. The van der Waals surface area contributed by atoms with Crippen molar-refractivity contribution >= 4 is 0 Å². The average molecular weight is 316 g/mol. The van der Waals surface area contributed by atoms with Gasteiger partial charge in [-0.25, -0.2) is 0 Å². The van der Waals surface area contributed by atoms with Gasteiger partial charge in [0.05, 0.1) is 44.1 Å². The molecule has 1 fully saturated rings. The predicted octanol–water partition coefficient (Wildman–Crippen LogP) is 3.00. The van der Waals surface area contributed by atoms with Gasteiger partial charge in [0, 0.05) is 6.42 Å². The van der Waals surface area contributed by atoms with Crippen LogP contribution in [-0.4, -0.2) is 48.8 Å². The molecule has 4 atom stereocenters. The van der Waals surface area contributed by atoms with Crippen LogP contribution in [0.3, 0.4) is 0 Å². The Bertz CT molecular complexity index is 291. The second kappa shape index (κ2) is 9.86. The lowest BCUT2D eigenvalue weighted by Crippen LogP contribution is -2.46. The molecule has 1 heterocycles. The molecule has 0 bridgehead atoms. The fourth-order valence-corrected chi connectivity index (χ4v) is 3.07. The SMILES string of the molecule is CCCC(C)C1CC(CC(C)CC)OCC(CO)(CO)CO1. The number of ether oxygens (including phenoxy) is 2. The molecule has 0 aliphatic carbocycles. The minimum atomic E-state index is -0.668. The average Bonchev–Trinajstić information content (AvgIpc) is 2.51. The van der Waals surface area contributed by atoms with E-state index >= 15 is 0 Å². The zero-order valence-corrected chi connectivity index (χ0v) is 14.9. The van der Waals surface area contributed by atoms with Crippen molar-refractivity contribution in [3.63, 3.8) is 0 Å². The smallest absolute Gasteiger partial charge is 0.0632 e. The van der Waals surface area contributed by atoms with Crippen LogP contribution in [0.25, 0.3) is 0 Å². The summed E-state index contributed by atoms with van der Waals surface area (Å²) >= 11 is 0. The van der Waals surface area contributed by atoms with Crippen LogP contribution in [0.4, 0.5) is 0 Å². The Hall–Kier alpha value is -0.160. The molecule has 0 spiro atoms. The lowest BCUT2D eigenvalue weighted by Gasteiger charge is -2.39. The maximum absolute atomic E-state index is 9.68. The van der Waals surface area contributed by atoms with Crippen LogP contribution in [-0.2, 0) is 9.47 Å². The second-order valence-corrected chi connectivity index (χ2v) is 7.35. The summed E-state index contributed by atoms with van der Waals surface area (Å²) in [7, 11) is 0. The van der Waals surface area contributed by atoms with Crippen molar-refractivity contribution in [1.82, 2.24) is 0 Å². The lowest BCUT2D eigenvalue weighted by molar-refractivity contribution is -0.156. The molecule has 4 heteroatoms. The van der Waals surface area contributed by atoms with Gasteiger partial charge in [-0.05, 0) is 24.7 Å². The van der Waals surface area contributed by atoms with E-state index in [0.29, 0.717) is 25.0 Å². The molecule has 4 unspecified atom stereocenters. The Morgan fingerprint density at radius 2 is 1.73 bits per heavy atom. The van der Waals surface area contributed by atoms with Crippen LogP contribution in [0.5, 0.6) is 0 Å². The van der Waals surface area contributed by atoms with E-state index in [9.17, 15) is 10.2 Å². The van der Waals surface area contributed by atoms with Gasteiger partial charge < -0.3 is 19.7 Å². The molecule has 1 aliphatic heterocycles. The molecular formula is C18H36O4. The third-order valence-corrected chi connectivity index (χ3v) is 5.14. The monoisotopic (exact) mass is 316 g/mol. The van der Waals surface area contributed by atoms with Crippen molar-refractivity contribution in [1.29, 1.82) is 0 Å². The molecule has 2 N–H and O–H groups in total. The highest BCUT2D eigenvalue weighted by molar-refractivity contribution is 4.83. The van der Waals surface area contributed by atoms with Crippen LogP contribution in [0, 0.1) is 17.3 Å². The van der Waals surface area contributed by atoms with E-state index in [0.717, 1.165) is 32.1 Å². The Kier molecular flexibility index (Phi) is 8.91. The summed E-state index contributed by atoms with van der Waals surface area (Å²) in [6, 6.07) is 0. The number of aliphatic hydroxyl groups excluding tert-OH is 2. The lowest BCUT2D eigenvalue weighted by atomic mass is 9.87. The first-order valence-electron chi connectivity index (χ1n) is 8.95. The fraction of sp³-hybridized carbons (Fsp3) is 1.00. The van der Waals surface area contributed by atoms with Gasteiger partial charge in [-0.15, -0.1) is 0 Å². The number of hydrogen-bond donors (Lipinski definition) is 2. The first-order chi connectivity index (χ1) is 10.5. The summed E-state index contributed by atoms with van der Waals surface area (Å²) in [6.07, 6.45) is 5.64. The Morgan fingerprint density at radius 1 is 1.09 bits per heavy atom. The Morgan fingerprint density at radius 3 is 2.27 bits per heavy atom. The Labute approximate surface area is 136 Å². The van der Waals surface area contributed by atoms with Crippen LogP contribution < -0.4 is 0 Å². The molecule has 0 aromatic rings. The van der Waals surface area contributed by atoms with Gasteiger partial charge in [0.1, 0.15) is 0 Å². The third kappa shape index (κ3) is 5.80. The molecule has 0 saturated carbocycles. The standard InChI is InChI=1S/C18H36O4/c1-5-7-15(4)17-9-16(8-14(3)6-2)21-12-18(10-19,11-20)13-22-17/h14-17,19-20H,5-13H2,1-4H3. The summed E-state index contributed by atoms with van der Waals surface area (Å²) in [6.45, 7) is 9.41. The first-order valence-corrected chi connectivity index (χ1v) is 8.95. The first kappa shape index (κ1) is 19.9. The van der Waals surface area contributed by atoms with Crippen molar-refractivity contribution in [3.05, 3.63) is 0 Å². The van der Waals surface area contributed by atoms with E-state index in [1.807, 2.05) is 0 Å². The number of aliphatic hydroxyl groups is 2. The van der Waals surface area contributed by atoms with E-state index < -0.39 is 5.41 Å². The largest absolute Gasteiger partial charge is 0.396 e. The molecule has 0 radical (unpaired) electrons. The van der Waals surface area contributed by atoms with Gasteiger partial charge in [-0.3, -0.25) is 0 Å². The molecular weight excluding hydrogens is 280 g/mol. The second-order valence-electron chi connectivity index (χ2n) is 7.35. The molecule has 1 rings (SSSR count). The molecule has 1 aliphatic rings. The topological polar surface area (TPSA) is 58.9 Å². The van der Waals surface area contributed by atoms with Gasteiger partial charge in [-0.2, -0.15) is 0 Å². The minimum Gasteiger partial charge on any atom is -0.396 e. The highest BCUT2D eigenvalue weighted by Gasteiger charge is 2.36. The van der Waals surface area contributed by atoms with Gasteiger partial charge >= 0.3 is 0 Å². The molecule has 132 valence electrons. The van der Waals surface area contributed by atoms with Gasteiger partial charge in [0.2, 0.25) is 0 Å². The third-order valence-electron chi connectivity index (χ3n) is 5.14. The Balaban J connectivity index is 2.80. The van der Waals surface area contributed by atoms with E-state index in [1.165, 1.54) is 0 Å². The quantitative estimate of drug-likeness (QED) is 0.723. The van der Waals surface area contributed by atoms with E-state index in [-0.39, 0.29) is 25.4 Å². The van der Waals surface area contributed by atoms with E-state index in [1.54, 1.807) is 0 Å². The molecule has 1 saturated heterocycles. The van der Waals surface area contributed by atoms with E-state index in [2.05, 4.69) is 27.7 Å². The van der Waals surface area contributed by atoms with Gasteiger partial charge in [0.15, 0.2) is 0 Å². The minimum absolute atomic E-state index is 0.103. The fourth-order valence-electron chi connectivity index (χ4n) is 3.07. The summed E-state index contributed by atoms with van der Waals surface area (Å²) in [4.78, 5) is 0. The van der Waals surface area contributed by atoms with Crippen LogP contribution >= 0.6 is 0 Å². The zero-order chi connectivity index (χ0) is 16.6. The van der Waals surface area contributed by atoms with Crippen molar-refractivity contribution in [2.45, 2.75) is 72.0 Å². The summed E-state index contributed by atoms with van der Waals surface area (Å²) in [5, 5.41) is 19.4. The van der Waals surface area contributed by atoms with Crippen LogP contribution in [0.2, 0.25) is 0 Å². The zero-order valence-electron chi connectivity index (χ0n) is 14.9. The summed E-state index contributed by atoms with van der Waals surface area (Å²) < 4.78 is 12.3. The predicted molar refractivity (Wildman–Crippen MR) is 88.8 cm³/mol. The molecule has 0 aromatic heterocycles. The normalized spacial score (nSPS) is 28.6. The van der Waals surface area contributed by atoms with Crippen molar-refractivity contribution in [2.24, 2.45) is 17.3 Å². The molecule has 22 heavy (non-hydrogen) atoms. The maximum atomic E-state index is 9.68. The van der Waals surface area contributed by atoms with Gasteiger partial charge in [-0.1, -0.05) is 40.5 Å². The summed E-state index contributed by atoms with van der Waals surface area (Å²) in [5.41, 5.74) is -0.668. The van der Waals surface area contributed by atoms with Crippen LogP contribution in [0.15, 0.2) is 0 Å². The van der Waals surface area contributed by atoms with Crippen molar-refractivity contribution in [3.8, 4) is 0 Å². The van der Waals surface area contributed by atoms with Crippen LogP contribution in [0.1, 0.15) is 59.8 Å². The number of hydrogen-bond acceptors (Lipinski definition) is 4. The highest BCUT2D eigenvalue weighted by Crippen LogP contribution is 2.30. The van der Waals surface area contributed by atoms with Gasteiger partial charge in [0.25, 0.3) is 0 Å². The molecule has 0 aromatic carbocycles. The van der Waals surface area contributed by atoms with Crippen molar-refractivity contribution in [2.75, 3.05) is 26.4 Å².